The molecule has 3 N–H and O–H groups in total. The summed E-state index contributed by atoms with van der Waals surface area (Å²) < 4.78 is 1.89. The number of rotatable bonds is 4. The van der Waals surface area contributed by atoms with Gasteiger partial charge in [0, 0.05) is 19.2 Å². The van der Waals surface area contributed by atoms with Crippen LogP contribution in [0.5, 0.6) is 0 Å². The summed E-state index contributed by atoms with van der Waals surface area (Å²) in [5, 5.41) is 11.3. The smallest absolute Gasteiger partial charge is 0.0951 e. The fourth-order valence-corrected chi connectivity index (χ4v) is 1.19. The topological polar surface area (TPSA) is 67.7 Å². The normalized spacial score (nSPS) is 10.7. The summed E-state index contributed by atoms with van der Waals surface area (Å²) in [6, 6.07) is 0. The van der Waals surface area contributed by atoms with Gasteiger partial charge in [-0.15, -0.1) is 0 Å². The predicted octanol–water partition coefficient (Wildman–Crippen LogP) is 1.02. The van der Waals surface area contributed by atoms with Crippen LogP contribution in [0.1, 0.15) is 19.4 Å². The quantitative estimate of drug-likeness (QED) is 0.536. The molecule has 0 atom stereocenters. The number of hydrogen-bond acceptors (Lipinski definition) is 2. The average molecular weight is 180 g/mol. The van der Waals surface area contributed by atoms with Gasteiger partial charge in [0.25, 0.3) is 0 Å². The monoisotopic (exact) mass is 180 g/mol. The number of nitrogens with zero attached hydrogens (tertiary/aromatic N) is 2. The Bertz CT molecular complexity index is 288. The molecule has 4 nitrogen and oxygen atoms in total. The van der Waals surface area contributed by atoms with Crippen molar-refractivity contribution in [2.45, 2.75) is 26.8 Å². The van der Waals surface area contributed by atoms with E-state index in [1.165, 1.54) is 0 Å². The molecule has 0 saturated heterocycles. The van der Waals surface area contributed by atoms with E-state index >= 15 is 0 Å². The van der Waals surface area contributed by atoms with Crippen LogP contribution < -0.4 is 5.73 Å². The highest BCUT2D eigenvalue weighted by atomic mass is 15.3. The van der Waals surface area contributed by atoms with E-state index in [-0.39, 0.29) is 5.84 Å². The molecule has 1 aromatic rings. The third kappa shape index (κ3) is 3.27. The van der Waals surface area contributed by atoms with E-state index in [4.69, 9.17) is 11.1 Å². The summed E-state index contributed by atoms with van der Waals surface area (Å²) in [4.78, 5) is 0. The molecule has 0 fully saturated rings. The van der Waals surface area contributed by atoms with Crippen LogP contribution in [0.2, 0.25) is 0 Å². The summed E-state index contributed by atoms with van der Waals surface area (Å²) in [5.74, 6) is 0.772. The second-order valence-corrected chi connectivity index (χ2v) is 3.67. The van der Waals surface area contributed by atoms with Crippen LogP contribution >= 0.6 is 0 Å². The summed E-state index contributed by atoms with van der Waals surface area (Å²) in [7, 11) is 0. The van der Waals surface area contributed by atoms with Crippen LogP contribution in [0.3, 0.4) is 0 Å². The van der Waals surface area contributed by atoms with Gasteiger partial charge in [0.2, 0.25) is 0 Å². The highest BCUT2D eigenvalue weighted by Crippen LogP contribution is 2.02. The van der Waals surface area contributed by atoms with E-state index in [1.54, 1.807) is 6.20 Å². The molecule has 1 aromatic heterocycles. The van der Waals surface area contributed by atoms with Crippen molar-refractivity contribution in [2.75, 3.05) is 0 Å². The molecule has 0 radical (unpaired) electrons. The van der Waals surface area contributed by atoms with Crippen LogP contribution in [-0.4, -0.2) is 15.6 Å². The zero-order valence-electron chi connectivity index (χ0n) is 8.12. The first-order chi connectivity index (χ1) is 6.08. The maximum atomic E-state index is 7.12. The first kappa shape index (κ1) is 9.77. The van der Waals surface area contributed by atoms with Crippen LogP contribution in [0, 0.1) is 11.3 Å². The number of nitrogens with one attached hydrogen (secondary N) is 1. The second-order valence-electron chi connectivity index (χ2n) is 3.67. The molecule has 0 saturated carbocycles. The van der Waals surface area contributed by atoms with Gasteiger partial charge in [-0.25, -0.2) is 0 Å². The first-order valence-electron chi connectivity index (χ1n) is 4.42. The van der Waals surface area contributed by atoms with Gasteiger partial charge in [0.15, 0.2) is 0 Å². The van der Waals surface area contributed by atoms with Crippen molar-refractivity contribution in [3.63, 3.8) is 0 Å². The van der Waals surface area contributed by atoms with Crippen molar-refractivity contribution in [2.24, 2.45) is 11.7 Å². The average Bonchev–Trinajstić information content (AvgIpc) is 2.33. The Morgan fingerprint density at radius 3 is 2.92 bits per heavy atom. The molecular formula is C9H16N4. The van der Waals surface area contributed by atoms with E-state index in [2.05, 4.69) is 18.9 Å². The van der Waals surface area contributed by atoms with Crippen molar-refractivity contribution in [1.82, 2.24) is 9.78 Å². The van der Waals surface area contributed by atoms with Gasteiger partial charge in [0.1, 0.15) is 0 Å². The minimum atomic E-state index is 0.184. The molecule has 1 rings (SSSR count). The minimum Gasteiger partial charge on any atom is -0.387 e. The zero-order chi connectivity index (χ0) is 9.84. The van der Waals surface area contributed by atoms with Gasteiger partial charge in [-0.1, -0.05) is 13.8 Å². The molecular weight excluding hydrogens is 164 g/mol. The van der Waals surface area contributed by atoms with Gasteiger partial charge < -0.3 is 5.73 Å². The lowest BCUT2D eigenvalue weighted by Gasteiger charge is -2.03. The molecule has 0 spiro atoms. The van der Waals surface area contributed by atoms with Crippen LogP contribution in [-0.2, 0) is 13.0 Å². The van der Waals surface area contributed by atoms with Crippen LogP contribution in [0.15, 0.2) is 12.4 Å². The van der Waals surface area contributed by atoms with Gasteiger partial charge in [-0.3, -0.25) is 10.1 Å². The van der Waals surface area contributed by atoms with E-state index in [9.17, 15) is 0 Å². The number of nitrogens with two attached hydrogens (primary N) is 1. The van der Waals surface area contributed by atoms with Crippen molar-refractivity contribution < 1.29 is 0 Å². The summed E-state index contributed by atoms with van der Waals surface area (Å²) in [6.45, 7) is 5.20. The number of aromatic nitrogens is 2. The summed E-state index contributed by atoms with van der Waals surface area (Å²) in [5.41, 5.74) is 6.29. The number of hydrogen-bond donors (Lipinski definition) is 2. The molecule has 1 heterocycles. The molecule has 0 bridgehead atoms. The van der Waals surface area contributed by atoms with Crippen molar-refractivity contribution in [3.8, 4) is 0 Å². The minimum absolute atomic E-state index is 0.184. The van der Waals surface area contributed by atoms with Gasteiger partial charge in [-0.05, 0) is 11.5 Å². The molecule has 0 unspecified atom stereocenters. The highest BCUT2D eigenvalue weighted by molar-refractivity contribution is 5.79. The predicted molar refractivity (Wildman–Crippen MR) is 52.7 cm³/mol. The lowest BCUT2D eigenvalue weighted by Crippen LogP contribution is -2.12. The van der Waals surface area contributed by atoms with E-state index in [0.29, 0.717) is 12.3 Å². The SMILES string of the molecule is CC(C)Cn1cc(CC(=N)N)cn1. The Hall–Kier alpha value is -1.32. The lowest BCUT2D eigenvalue weighted by molar-refractivity contribution is 0.483. The molecule has 13 heavy (non-hydrogen) atoms. The largest absolute Gasteiger partial charge is 0.387 e. The van der Waals surface area contributed by atoms with Crippen LogP contribution in [0.25, 0.3) is 0 Å². The van der Waals surface area contributed by atoms with E-state index in [0.717, 1.165) is 12.1 Å². The summed E-state index contributed by atoms with van der Waals surface area (Å²) in [6.07, 6.45) is 4.21. The highest BCUT2D eigenvalue weighted by Gasteiger charge is 2.01. The molecule has 4 heteroatoms. The fraction of sp³-hybridized carbons (Fsp3) is 0.556. The molecule has 0 aliphatic heterocycles. The third-order valence-electron chi connectivity index (χ3n) is 1.63. The van der Waals surface area contributed by atoms with Gasteiger partial charge >= 0.3 is 0 Å². The standard InChI is InChI=1S/C9H16N4/c1-7(2)5-13-6-8(4-12-13)3-9(10)11/h4,6-7H,3,5H2,1-2H3,(H3,10,11). The Morgan fingerprint density at radius 1 is 1.69 bits per heavy atom. The molecule has 0 amide bonds. The Labute approximate surface area is 78.3 Å². The Balaban J connectivity index is 2.58. The fourth-order valence-electron chi connectivity index (χ4n) is 1.19. The third-order valence-corrected chi connectivity index (χ3v) is 1.63. The summed E-state index contributed by atoms with van der Waals surface area (Å²) >= 11 is 0. The van der Waals surface area contributed by atoms with E-state index in [1.807, 2.05) is 10.9 Å². The maximum absolute atomic E-state index is 7.12. The molecule has 0 aliphatic rings. The second kappa shape index (κ2) is 4.07. The van der Waals surface area contributed by atoms with Crippen molar-refractivity contribution in [3.05, 3.63) is 18.0 Å². The molecule has 0 aliphatic carbocycles. The van der Waals surface area contributed by atoms with Gasteiger partial charge in [0.05, 0.1) is 12.0 Å². The maximum Gasteiger partial charge on any atom is 0.0951 e. The number of amidine groups is 1. The Kier molecular flexibility index (Phi) is 3.06. The van der Waals surface area contributed by atoms with Crippen LogP contribution in [0.4, 0.5) is 0 Å². The lowest BCUT2D eigenvalue weighted by atomic mass is 10.2. The van der Waals surface area contributed by atoms with Crippen molar-refractivity contribution >= 4 is 5.84 Å². The van der Waals surface area contributed by atoms with E-state index < -0.39 is 0 Å². The van der Waals surface area contributed by atoms with Crippen molar-refractivity contribution in [1.29, 1.82) is 5.41 Å². The molecule has 72 valence electrons. The van der Waals surface area contributed by atoms with Gasteiger partial charge in [-0.2, -0.15) is 5.10 Å². The zero-order valence-corrected chi connectivity index (χ0v) is 8.12. The Morgan fingerprint density at radius 2 is 2.38 bits per heavy atom. The first-order valence-corrected chi connectivity index (χ1v) is 4.42. The molecule has 0 aromatic carbocycles.